The molecule has 0 spiro atoms. The third-order valence-electron chi connectivity index (χ3n) is 3.76. The maximum absolute atomic E-state index is 12.1. The van der Waals surface area contributed by atoms with Crippen molar-refractivity contribution in [2.45, 2.75) is 25.8 Å². The molecule has 0 saturated carbocycles. The van der Waals surface area contributed by atoms with Crippen LogP contribution in [0.3, 0.4) is 0 Å². The summed E-state index contributed by atoms with van der Waals surface area (Å²) < 4.78 is 10.7. The van der Waals surface area contributed by atoms with Gasteiger partial charge in [-0.2, -0.15) is 0 Å². The molecule has 0 radical (unpaired) electrons. The van der Waals surface area contributed by atoms with Crippen molar-refractivity contribution in [3.63, 3.8) is 0 Å². The van der Waals surface area contributed by atoms with E-state index in [0.717, 1.165) is 23.5 Å². The van der Waals surface area contributed by atoms with Gasteiger partial charge in [-0.15, -0.1) is 0 Å². The van der Waals surface area contributed by atoms with Gasteiger partial charge in [0.25, 0.3) is 0 Å². The Morgan fingerprint density at radius 2 is 1.91 bits per heavy atom. The van der Waals surface area contributed by atoms with Crippen molar-refractivity contribution in [2.75, 3.05) is 6.79 Å². The molecule has 1 amide bonds. The minimum absolute atomic E-state index is 0.0500. The number of amides is 1. The van der Waals surface area contributed by atoms with Gasteiger partial charge in [-0.05, 0) is 36.6 Å². The number of hydrogen-bond acceptors (Lipinski definition) is 3. The van der Waals surface area contributed by atoms with Crippen LogP contribution in [-0.2, 0) is 11.2 Å². The smallest absolute Gasteiger partial charge is 0.231 e. The molecule has 3 rings (SSSR count). The first kappa shape index (κ1) is 14.4. The summed E-state index contributed by atoms with van der Waals surface area (Å²) in [5.74, 6) is 1.54. The fourth-order valence-corrected chi connectivity index (χ4v) is 2.48. The number of hydrogen-bond donors (Lipinski definition) is 1. The van der Waals surface area contributed by atoms with Crippen molar-refractivity contribution in [3.8, 4) is 11.5 Å². The molecule has 0 fully saturated rings. The van der Waals surface area contributed by atoms with Crippen LogP contribution < -0.4 is 14.8 Å². The van der Waals surface area contributed by atoms with Gasteiger partial charge in [-0.3, -0.25) is 4.79 Å². The van der Waals surface area contributed by atoms with Crippen molar-refractivity contribution in [1.82, 2.24) is 5.32 Å². The predicted octanol–water partition coefficient (Wildman–Crippen LogP) is 3.23. The molecule has 22 heavy (non-hydrogen) atoms. The fraction of sp³-hybridized carbons (Fsp3) is 0.278. The Kier molecular flexibility index (Phi) is 4.28. The van der Waals surface area contributed by atoms with Crippen LogP contribution >= 0.6 is 0 Å². The van der Waals surface area contributed by atoms with Gasteiger partial charge in [0, 0.05) is 6.42 Å². The van der Waals surface area contributed by atoms with Crippen LogP contribution in [0.5, 0.6) is 11.5 Å². The SMILES string of the molecule is CC(NC(=O)CCc1ccccc1)c1ccc2c(c1)OCO2. The first-order valence-corrected chi connectivity index (χ1v) is 7.45. The van der Waals surface area contributed by atoms with Gasteiger partial charge in [-0.25, -0.2) is 0 Å². The summed E-state index contributed by atoms with van der Waals surface area (Å²) in [5, 5.41) is 3.02. The van der Waals surface area contributed by atoms with Crippen LogP contribution in [-0.4, -0.2) is 12.7 Å². The van der Waals surface area contributed by atoms with Crippen molar-refractivity contribution < 1.29 is 14.3 Å². The molecular formula is C18H19NO3. The standard InChI is InChI=1S/C18H19NO3/c1-13(15-8-9-16-17(11-15)22-12-21-16)19-18(20)10-7-14-5-3-2-4-6-14/h2-6,8-9,11,13H,7,10,12H2,1H3,(H,19,20). The summed E-state index contributed by atoms with van der Waals surface area (Å²) in [6, 6.07) is 15.7. The summed E-state index contributed by atoms with van der Waals surface area (Å²) in [6.07, 6.45) is 1.24. The van der Waals surface area contributed by atoms with Crippen molar-refractivity contribution in [2.24, 2.45) is 0 Å². The summed E-state index contributed by atoms with van der Waals surface area (Å²) in [6.45, 7) is 2.23. The molecule has 1 aliphatic heterocycles. The number of benzene rings is 2. The van der Waals surface area contributed by atoms with E-state index in [2.05, 4.69) is 5.32 Å². The van der Waals surface area contributed by atoms with Crippen LogP contribution in [0.2, 0.25) is 0 Å². The highest BCUT2D eigenvalue weighted by atomic mass is 16.7. The molecular weight excluding hydrogens is 278 g/mol. The van der Waals surface area contributed by atoms with E-state index >= 15 is 0 Å². The molecule has 4 heteroatoms. The third-order valence-corrected chi connectivity index (χ3v) is 3.76. The molecule has 1 heterocycles. The lowest BCUT2D eigenvalue weighted by Crippen LogP contribution is -2.26. The lowest BCUT2D eigenvalue weighted by molar-refractivity contribution is -0.121. The molecule has 114 valence electrons. The Morgan fingerprint density at radius 1 is 1.14 bits per heavy atom. The maximum atomic E-state index is 12.1. The van der Waals surface area contributed by atoms with Gasteiger partial charge in [-0.1, -0.05) is 36.4 Å². The summed E-state index contributed by atoms with van der Waals surface area (Å²) in [7, 11) is 0. The minimum Gasteiger partial charge on any atom is -0.454 e. The summed E-state index contributed by atoms with van der Waals surface area (Å²) in [4.78, 5) is 12.1. The van der Waals surface area contributed by atoms with Crippen LogP contribution in [0.1, 0.15) is 30.5 Å². The van der Waals surface area contributed by atoms with Crippen molar-refractivity contribution in [1.29, 1.82) is 0 Å². The van der Waals surface area contributed by atoms with Gasteiger partial charge >= 0.3 is 0 Å². The second-order valence-corrected chi connectivity index (χ2v) is 5.39. The van der Waals surface area contributed by atoms with Crippen LogP contribution in [0.4, 0.5) is 0 Å². The highest BCUT2D eigenvalue weighted by Gasteiger charge is 2.16. The van der Waals surface area contributed by atoms with E-state index in [1.54, 1.807) is 0 Å². The topological polar surface area (TPSA) is 47.6 Å². The lowest BCUT2D eigenvalue weighted by Gasteiger charge is -2.15. The van der Waals surface area contributed by atoms with E-state index < -0.39 is 0 Å². The Balaban J connectivity index is 1.55. The average Bonchev–Trinajstić information content (AvgIpc) is 3.01. The molecule has 2 aromatic carbocycles. The molecule has 0 saturated heterocycles. The second kappa shape index (κ2) is 6.52. The van der Waals surface area contributed by atoms with Gasteiger partial charge < -0.3 is 14.8 Å². The quantitative estimate of drug-likeness (QED) is 0.921. The van der Waals surface area contributed by atoms with Crippen LogP contribution in [0.25, 0.3) is 0 Å². The third kappa shape index (κ3) is 3.39. The number of rotatable bonds is 5. The van der Waals surface area contributed by atoms with Gasteiger partial charge in [0.2, 0.25) is 12.7 Å². The molecule has 0 aromatic heterocycles. The van der Waals surface area contributed by atoms with E-state index in [4.69, 9.17) is 9.47 Å². The Hall–Kier alpha value is -2.49. The number of carbonyl (C=O) groups excluding carboxylic acids is 1. The fourth-order valence-electron chi connectivity index (χ4n) is 2.48. The molecule has 1 aliphatic rings. The van der Waals surface area contributed by atoms with E-state index in [1.165, 1.54) is 5.56 Å². The zero-order valence-electron chi connectivity index (χ0n) is 12.5. The Labute approximate surface area is 130 Å². The van der Waals surface area contributed by atoms with E-state index in [1.807, 2.05) is 55.5 Å². The Bertz CT molecular complexity index is 655. The van der Waals surface area contributed by atoms with E-state index in [9.17, 15) is 4.79 Å². The second-order valence-electron chi connectivity index (χ2n) is 5.39. The molecule has 1 atom stereocenters. The highest BCUT2D eigenvalue weighted by Crippen LogP contribution is 2.34. The summed E-state index contributed by atoms with van der Waals surface area (Å²) >= 11 is 0. The highest BCUT2D eigenvalue weighted by molar-refractivity contribution is 5.76. The number of aryl methyl sites for hydroxylation is 1. The number of nitrogens with one attached hydrogen (secondary N) is 1. The molecule has 1 N–H and O–H groups in total. The Morgan fingerprint density at radius 3 is 2.73 bits per heavy atom. The zero-order chi connectivity index (χ0) is 15.4. The predicted molar refractivity (Wildman–Crippen MR) is 83.9 cm³/mol. The molecule has 0 aliphatic carbocycles. The maximum Gasteiger partial charge on any atom is 0.231 e. The van der Waals surface area contributed by atoms with Crippen molar-refractivity contribution >= 4 is 5.91 Å². The normalized spacial score (nSPS) is 13.7. The van der Waals surface area contributed by atoms with E-state index in [0.29, 0.717) is 6.42 Å². The average molecular weight is 297 g/mol. The zero-order valence-corrected chi connectivity index (χ0v) is 12.5. The molecule has 1 unspecified atom stereocenters. The summed E-state index contributed by atoms with van der Waals surface area (Å²) in [5.41, 5.74) is 2.19. The molecule has 0 bridgehead atoms. The van der Waals surface area contributed by atoms with Crippen molar-refractivity contribution in [3.05, 3.63) is 59.7 Å². The molecule has 4 nitrogen and oxygen atoms in total. The monoisotopic (exact) mass is 297 g/mol. The molecule has 2 aromatic rings. The van der Waals surface area contributed by atoms with E-state index in [-0.39, 0.29) is 18.7 Å². The van der Waals surface area contributed by atoms with Crippen LogP contribution in [0.15, 0.2) is 48.5 Å². The lowest BCUT2D eigenvalue weighted by atomic mass is 10.1. The number of carbonyl (C=O) groups is 1. The largest absolute Gasteiger partial charge is 0.454 e. The van der Waals surface area contributed by atoms with Gasteiger partial charge in [0.15, 0.2) is 11.5 Å². The first-order chi connectivity index (χ1) is 10.7. The van der Waals surface area contributed by atoms with Gasteiger partial charge in [0.05, 0.1) is 6.04 Å². The van der Waals surface area contributed by atoms with Gasteiger partial charge in [0.1, 0.15) is 0 Å². The number of ether oxygens (including phenoxy) is 2. The van der Waals surface area contributed by atoms with Crippen LogP contribution in [0, 0.1) is 0 Å². The first-order valence-electron chi connectivity index (χ1n) is 7.45. The number of fused-ring (bicyclic) bond motifs is 1. The minimum atomic E-state index is -0.0576.